The van der Waals surface area contributed by atoms with Crippen LogP contribution in [0.15, 0.2) is 0 Å². The zero-order valence-corrected chi connectivity index (χ0v) is 16.6. The summed E-state index contributed by atoms with van der Waals surface area (Å²) in [6, 6.07) is 0. The number of amides is 1. The fourth-order valence-electron chi connectivity index (χ4n) is 2.70. The molecular formula is C17H25NO10. The van der Waals surface area contributed by atoms with E-state index in [2.05, 4.69) is 0 Å². The summed E-state index contributed by atoms with van der Waals surface area (Å²) in [6.07, 6.45) is -6.10. The minimum atomic E-state index is -1.30. The molecule has 11 nitrogen and oxygen atoms in total. The van der Waals surface area contributed by atoms with Crippen molar-refractivity contribution >= 4 is 29.8 Å². The van der Waals surface area contributed by atoms with E-state index in [4.69, 9.17) is 23.7 Å². The smallest absolute Gasteiger partial charge is 0.303 e. The van der Waals surface area contributed by atoms with Gasteiger partial charge in [-0.15, -0.1) is 0 Å². The first kappa shape index (κ1) is 23.3. The van der Waals surface area contributed by atoms with Crippen molar-refractivity contribution in [3.05, 3.63) is 0 Å². The topological polar surface area (TPSA) is 135 Å². The number of hydrogen-bond acceptors (Lipinski definition) is 10. The van der Waals surface area contributed by atoms with Gasteiger partial charge in [-0.25, -0.2) is 0 Å². The van der Waals surface area contributed by atoms with Crippen molar-refractivity contribution in [1.29, 1.82) is 0 Å². The lowest BCUT2D eigenvalue weighted by molar-refractivity contribution is -0.273. The summed E-state index contributed by atoms with van der Waals surface area (Å²) in [5.41, 5.74) is 0. The van der Waals surface area contributed by atoms with Crippen LogP contribution in [0.25, 0.3) is 0 Å². The lowest BCUT2D eigenvalue weighted by Crippen LogP contribution is -2.66. The molecule has 0 aromatic carbocycles. The molecule has 0 bridgehead atoms. The van der Waals surface area contributed by atoms with Crippen molar-refractivity contribution < 1.29 is 47.7 Å². The third-order valence-corrected chi connectivity index (χ3v) is 3.84. The molecule has 1 saturated heterocycles. The number of carbonyl (C=O) groups excluding carboxylic acids is 5. The summed E-state index contributed by atoms with van der Waals surface area (Å²) < 4.78 is 26.5. The highest BCUT2D eigenvalue weighted by Crippen LogP contribution is 2.30. The van der Waals surface area contributed by atoms with Gasteiger partial charge in [-0.05, 0) is 0 Å². The minimum Gasteiger partial charge on any atom is -0.463 e. The molecular weight excluding hydrogens is 378 g/mol. The fourth-order valence-corrected chi connectivity index (χ4v) is 2.70. The van der Waals surface area contributed by atoms with Crippen molar-refractivity contribution in [3.63, 3.8) is 0 Å². The average molecular weight is 403 g/mol. The molecule has 0 spiro atoms. The summed E-state index contributed by atoms with van der Waals surface area (Å²) in [5, 5.41) is 0. The SMILES string of the molecule is CC(=O)OC[C@H]1O[C@@H](N(C)C(C)=O)[C@H](OC(C)=O)[C@@H](OC(C)=O)[C@@H]1OC(C)=O. The average Bonchev–Trinajstić information content (AvgIpc) is 2.54. The Morgan fingerprint density at radius 1 is 0.750 bits per heavy atom. The van der Waals surface area contributed by atoms with E-state index in [0.29, 0.717) is 0 Å². The Morgan fingerprint density at radius 3 is 1.64 bits per heavy atom. The zero-order valence-electron chi connectivity index (χ0n) is 16.6. The first-order valence-electron chi connectivity index (χ1n) is 8.47. The van der Waals surface area contributed by atoms with E-state index < -0.39 is 60.4 Å². The van der Waals surface area contributed by atoms with Gasteiger partial charge in [-0.2, -0.15) is 0 Å². The number of carbonyl (C=O) groups is 5. The minimum absolute atomic E-state index is 0.347. The Hall–Kier alpha value is -2.69. The van der Waals surface area contributed by atoms with E-state index in [1.807, 2.05) is 0 Å². The maximum atomic E-state index is 11.9. The van der Waals surface area contributed by atoms with Crippen LogP contribution in [0.1, 0.15) is 34.6 Å². The number of rotatable bonds is 6. The van der Waals surface area contributed by atoms with E-state index in [1.54, 1.807) is 0 Å². The molecule has 0 saturated carbocycles. The van der Waals surface area contributed by atoms with Crippen LogP contribution in [0.2, 0.25) is 0 Å². The summed E-state index contributed by atoms with van der Waals surface area (Å²) in [6.45, 7) is 5.46. The zero-order chi connectivity index (χ0) is 21.6. The Morgan fingerprint density at radius 2 is 1.21 bits per heavy atom. The predicted molar refractivity (Wildman–Crippen MR) is 90.4 cm³/mol. The van der Waals surface area contributed by atoms with E-state index >= 15 is 0 Å². The Labute approximate surface area is 162 Å². The fraction of sp³-hybridized carbons (Fsp3) is 0.706. The lowest BCUT2D eigenvalue weighted by Gasteiger charge is -2.46. The normalized spacial score (nSPS) is 26.6. The molecule has 1 heterocycles. The van der Waals surface area contributed by atoms with Crippen molar-refractivity contribution in [1.82, 2.24) is 4.90 Å². The first-order valence-corrected chi connectivity index (χ1v) is 8.47. The van der Waals surface area contributed by atoms with E-state index in [0.717, 1.165) is 25.7 Å². The molecule has 5 atom stereocenters. The summed E-state index contributed by atoms with van der Waals surface area (Å²) in [7, 11) is 1.39. The third-order valence-electron chi connectivity index (χ3n) is 3.84. The van der Waals surface area contributed by atoms with Gasteiger partial charge >= 0.3 is 23.9 Å². The number of esters is 4. The van der Waals surface area contributed by atoms with Gasteiger partial charge in [0.05, 0.1) is 0 Å². The molecule has 1 aliphatic rings. The number of nitrogens with zero attached hydrogens (tertiary/aromatic N) is 1. The van der Waals surface area contributed by atoms with Crippen molar-refractivity contribution in [3.8, 4) is 0 Å². The highest BCUT2D eigenvalue weighted by atomic mass is 16.7. The quantitative estimate of drug-likeness (QED) is 0.424. The molecule has 0 aromatic heterocycles. The van der Waals surface area contributed by atoms with Crippen molar-refractivity contribution in [2.24, 2.45) is 0 Å². The highest BCUT2D eigenvalue weighted by molar-refractivity contribution is 5.73. The molecule has 158 valence electrons. The first-order chi connectivity index (χ1) is 12.9. The van der Waals surface area contributed by atoms with Crippen LogP contribution in [-0.2, 0) is 47.7 Å². The largest absolute Gasteiger partial charge is 0.463 e. The van der Waals surface area contributed by atoms with Crippen LogP contribution in [0.4, 0.5) is 0 Å². The van der Waals surface area contributed by atoms with Crippen LogP contribution in [0, 0.1) is 0 Å². The monoisotopic (exact) mass is 403 g/mol. The second-order valence-electron chi connectivity index (χ2n) is 6.22. The van der Waals surface area contributed by atoms with Gasteiger partial charge in [-0.1, -0.05) is 0 Å². The van der Waals surface area contributed by atoms with Crippen molar-refractivity contribution in [2.75, 3.05) is 13.7 Å². The number of ether oxygens (including phenoxy) is 5. The van der Waals surface area contributed by atoms with E-state index in [-0.39, 0.29) is 6.61 Å². The van der Waals surface area contributed by atoms with Gasteiger partial charge in [-0.3, -0.25) is 24.0 Å². The standard InChI is InChI=1S/C17H25NO10/c1-8(19)18(6)17-16(27-12(5)23)15(26-11(4)22)14(25-10(3)21)13(28-17)7-24-9(2)20/h13-17H,7H2,1-6H3/t13-,14-,15+,16-,17-/m1/s1. The van der Waals surface area contributed by atoms with Crippen LogP contribution in [0.5, 0.6) is 0 Å². The Kier molecular flexibility index (Phi) is 8.35. The third kappa shape index (κ3) is 6.48. The molecule has 1 aliphatic heterocycles. The molecule has 11 heteroatoms. The molecule has 0 aromatic rings. The van der Waals surface area contributed by atoms with Crippen LogP contribution >= 0.6 is 0 Å². The summed E-state index contributed by atoms with van der Waals surface area (Å²) in [5.74, 6) is -3.24. The van der Waals surface area contributed by atoms with Crippen molar-refractivity contribution in [2.45, 2.75) is 65.3 Å². The molecule has 28 heavy (non-hydrogen) atoms. The maximum absolute atomic E-state index is 11.9. The van der Waals surface area contributed by atoms with Gasteiger partial charge in [0.15, 0.2) is 24.5 Å². The molecule has 1 amide bonds. The van der Waals surface area contributed by atoms with Gasteiger partial charge < -0.3 is 28.6 Å². The molecule has 1 rings (SSSR count). The molecule has 0 radical (unpaired) electrons. The van der Waals surface area contributed by atoms with Crippen LogP contribution in [-0.4, -0.2) is 79.0 Å². The predicted octanol–water partition coefficient (Wildman–Crippen LogP) is -0.452. The molecule has 0 N–H and O–H groups in total. The van der Waals surface area contributed by atoms with Gasteiger partial charge in [0.25, 0.3) is 0 Å². The molecule has 0 unspecified atom stereocenters. The van der Waals surface area contributed by atoms with Crippen LogP contribution < -0.4 is 0 Å². The molecule has 0 aliphatic carbocycles. The Balaban J connectivity index is 3.39. The van der Waals surface area contributed by atoms with Crippen LogP contribution in [0.3, 0.4) is 0 Å². The number of likely N-dealkylation sites (N-methyl/N-ethyl adjacent to an activating group) is 1. The lowest BCUT2D eigenvalue weighted by atomic mass is 9.96. The van der Waals surface area contributed by atoms with E-state index in [1.165, 1.54) is 20.9 Å². The second kappa shape index (κ2) is 10.0. The van der Waals surface area contributed by atoms with Gasteiger partial charge in [0.2, 0.25) is 5.91 Å². The number of hydrogen-bond donors (Lipinski definition) is 0. The summed E-state index contributed by atoms with van der Waals surface area (Å²) in [4.78, 5) is 59.0. The second-order valence-corrected chi connectivity index (χ2v) is 6.22. The van der Waals surface area contributed by atoms with Gasteiger partial charge in [0.1, 0.15) is 12.7 Å². The summed E-state index contributed by atoms with van der Waals surface area (Å²) >= 11 is 0. The van der Waals surface area contributed by atoms with E-state index in [9.17, 15) is 24.0 Å². The molecule has 1 fully saturated rings. The maximum Gasteiger partial charge on any atom is 0.303 e. The highest BCUT2D eigenvalue weighted by Gasteiger charge is 2.53. The Bertz CT molecular complexity index is 633. The van der Waals surface area contributed by atoms with Gasteiger partial charge in [0, 0.05) is 41.7 Å².